The van der Waals surface area contributed by atoms with Crippen molar-refractivity contribution < 1.29 is 9.47 Å². The van der Waals surface area contributed by atoms with E-state index < -0.39 is 0 Å². The van der Waals surface area contributed by atoms with Crippen molar-refractivity contribution in [3.63, 3.8) is 0 Å². The van der Waals surface area contributed by atoms with Crippen LogP contribution in [-0.2, 0) is 0 Å². The largest absolute Gasteiger partial charge is 0.496 e. The monoisotopic (exact) mass is 227 g/mol. The van der Waals surface area contributed by atoms with E-state index >= 15 is 0 Å². The van der Waals surface area contributed by atoms with E-state index in [1.54, 1.807) is 14.2 Å². The number of hydrogen-bond acceptors (Lipinski definition) is 4. The molecule has 0 aromatic heterocycles. The van der Waals surface area contributed by atoms with Gasteiger partial charge in [-0.2, -0.15) is 12.6 Å². The molecule has 0 aliphatic rings. The number of benzene rings is 1. The minimum Gasteiger partial charge on any atom is -0.496 e. The molecule has 0 amide bonds. The summed E-state index contributed by atoms with van der Waals surface area (Å²) in [5, 5.41) is -0.0329. The summed E-state index contributed by atoms with van der Waals surface area (Å²) in [7, 11) is 3.29. The molecule has 0 saturated carbocycles. The third-order valence-corrected chi connectivity index (χ3v) is 2.82. The molecule has 0 aliphatic carbocycles. The predicted molar refractivity (Wildman–Crippen MR) is 65.1 cm³/mol. The molecule has 0 saturated heterocycles. The van der Waals surface area contributed by atoms with Crippen LogP contribution in [0.4, 0.5) is 0 Å². The van der Waals surface area contributed by atoms with E-state index in [1.165, 1.54) is 0 Å². The van der Waals surface area contributed by atoms with Crippen LogP contribution in [0.1, 0.15) is 16.4 Å². The van der Waals surface area contributed by atoms with Gasteiger partial charge in [-0.05, 0) is 24.6 Å². The molecule has 84 valence electrons. The van der Waals surface area contributed by atoms with Gasteiger partial charge < -0.3 is 15.2 Å². The Morgan fingerprint density at radius 3 is 2.33 bits per heavy atom. The quantitative estimate of drug-likeness (QED) is 0.773. The van der Waals surface area contributed by atoms with Gasteiger partial charge in [0.25, 0.3) is 0 Å². The molecule has 0 radical (unpaired) electrons. The van der Waals surface area contributed by atoms with Crippen molar-refractivity contribution >= 4 is 12.6 Å². The van der Waals surface area contributed by atoms with Crippen LogP contribution >= 0.6 is 12.6 Å². The van der Waals surface area contributed by atoms with Gasteiger partial charge in [-0.1, -0.05) is 0 Å². The second kappa shape index (κ2) is 5.28. The van der Waals surface area contributed by atoms with Crippen LogP contribution in [0, 0.1) is 6.92 Å². The number of rotatable bonds is 4. The van der Waals surface area contributed by atoms with Crippen LogP contribution in [-0.4, -0.2) is 20.8 Å². The van der Waals surface area contributed by atoms with Gasteiger partial charge in [-0.15, -0.1) is 0 Å². The van der Waals surface area contributed by atoms with Gasteiger partial charge in [0.2, 0.25) is 0 Å². The highest BCUT2D eigenvalue weighted by Crippen LogP contribution is 2.34. The molecule has 15 heavy (non-hydrogen) atoms. The van der Waals surface area contributed by atoms with Crippen molar-refractivity contribution in [2.24, 2.45) is 5.73 Å². The smallest absolute Gasteiger partial charge is 0.123 e. The first-order chi connectivity index (χ1) is 7.13. The third-order valence-electron chi connectivity index (χ3n) is 2.33. The molecule has 0 bridgehead atoms. The molecule has 1 aromatic carbocycles. The Balaban J connectivity index is 3.22. The minimum absolute atomic E-state index is 0.0329. The molecule has 1 atom stereocenters. The fourth-order valence-corrected chi connectivity index (χ4v) is 1.66. The Hall–Kier alpha value is -0.870. The zero-order valence-electron chi connectivity index (χ0n) is 9.28. The number of hydrogen-bond donors (Lipinski definition) is 2. The Labute approximate surface area is 96.0 Å². The topological polar surface area (TPSA) is 44.5 Å². The lowest BCUT2D eigenvalue weighted by Gasteiger charge is -2.16. The zero-order chi connectivity index (χ0) is 11.4. The Kier molecular flexibility index (Phi) is 4.29. The molecule has 1 rings (SSSR count). The van der Waals surface area contributed by atoms with E-state index in [0.717, 1.165) is 22.6 Å². The fourth-order valence-electron chi connectivity index (χ4n) is 1.46. The van der Waals surface area contributed by atoms with Gasteiger partial charge in [0.05, 0.1) is 14.2 Å². The van der Waals surface area contributed by atoms with Gasteiger partial charge in [-0.3, -0.25) is 0 Å². The Bertz CT molecular complexity index is 342. The van der Waals surface area contributed by atoms with Gasteiger partial charge >= 0.3 is 0 Å². The highest BCUT2D eigenvalue weighted by Gasteiger charge is 2.13. The lowest BCUT2D eigenvalue weighted by atomic mass is 10.1. The van der Waals surface area contributed by atoms with E-state index in [4.69, 9.17) is 15.2 Å². The summed E-state index contributed by atoms with van der Waals surface area (Å²) in [5.74, 6) is 1.64. The lowest BCUT2D eigenvalue weighted by Crippen LogP contribution is -2.08. The number of methoxy groups -OCH3 is 2. The molecule has 4 heteroatoms. The highest BCUT2D eigenvalue weighted by molar-refractivity contribution is 7.80. The highest BCUT2D eigenvalue weighted by atomic mass is 32.1. The van der Waals surface area contributed by atoms with Crippen LogP contribution in [0.2, 0.25) is 0 Å². The van der Waals surface area contributed by atoms with Crippen molar-refractivity contribution in [1.82, 2.24) is 0 Å². The average Bonchev–Trinajstić information content (AvgIpc) is 2.27. The molecule has 0 spiro atoms. The van der Waals surface area contributed by atoms with E-state index in [-0.39, 0.29) is 5.25 Å². The van der Waals surface area contributed by atoms with Crippen molar-refractivity contribution in [3.05, 3.63) is 23.3 Å². The number of aryl methyl sites for hydroxylation is 1. The van der Waals surface area contributed by atoms with Crippen molar-refractivity contribution in [1.29, 1.82) is 0 Å². The summed E-state index contributed by atoms with van der Waals surface area (Å²) in [6.45, 7) is 2.44. The molecular formula is C11H17NO2S. The second-order valence-electron chi connectivity index (χ2n) is 3.32. The SMILES string of the molecule is COc1cc(C(S)CN)c(OC)cc1C. The molecule has 3 nitrogen and oxygen atoms in total. The van der Waals surface area contributed by atoms with Crippen molar-refractivity contribution in [3.8, 4) is 11.5 Å². The first-order valence-corrected chi connectivity index (χ1v) is 5.26. The van der Waals surface area contributed by atoms with Gasteiger partial charge in [0.1, 0.15) is 11.5 Å². The summed E-state index contributed by atoms with van der Waals surface area (Å²) >= 11 is 4.40. The molecule has 2 N–H and O–H groups in total. The number of thiol groups is 1. The molecule has 0 fully saturated rings. The molecule has 0 aliphatic heterocycles. The standard InChI is InChI=1S/C11H17NO2S/c1-7-4-10(14-3)8(11(15)6-12)5-9(7)13-2/h4-5,11,15H,6,12H2,1-3H3. The van der Waals surface area contributed by atoms with E-state index in [2.05, 4.69) is 12.6 Å². The Morgan fingerprint density at radius 1 is 1.27 bits per heavy atom. The number of nitrogens with two attached hydrogens (primary N) is 1. The molecular weight excluding hydrogens is 210 g/mol. The van der Waals surface area contributed by atoms with Crippen LogP contribution in [0.3, 0.4) is 0 Å². The summed E-state index contributed by atoms with van der Waals surface area (Å²) in [6, 6.07) is 3.87. The van der Waals surface area contributed by atoms with Crippen molar-refractivity contribution in [2.45, 2.75) is 12.2 Å². The van der Waals surface area contributed by atoms with E-state index in [0.29, 0.717) is 6.54 Å². The summed E-state index contributed by atoms with van der Waals surface area (Å²) < 4.78 is 10.5. The van der Waals surface area contributed by atoms with Gasteiger partial charge in [0, 0.05) is 17.4 Å². The number of ether oxygens (including phenoxy) is 2. The van der Waals surface area contributed by atoms with Crippen molar-refractivity contribution in [2.75, 3.05) is 20.8 Å². The van der Waals surface area contributed by atoms with E-state index in [1.807, 2.05) is 19.1 Å². The minimum atomic E-state index is -0.0329. The first-order valence-electron chi connectivity index (χ1n) is 4.74. The predicted octanol–water partition coefficient (Wildman–Crippen LogP) is 1.94. The zero-order valence-corrected chi connectivity index (χ0v) is 10.2. The van der Waals surface area contributed by atoms with Crippen LogP contribution in [0.5, 0.6) is 11.5 Å². The maximum Gasteiger partial charge on any atom is 0.123 e. The first kappa shape index (κ1) is 12.2. The Morgan fingerprint density at radius 2 is 1.87 bits per heavy atom. The van der Waals surface area contributed by atoms with Gasteiger partial charge in [0.15, 0.2) is 0 Å². The van der Waals surface area contributed by atoms with Crippen LogP contribution in [0.25, 0.3) is 0 Å². The molecule has 0 heterocycles. The second-order valence-corrected chi connectivity index (χ2v) is 3.94. The summed E-state index contributed by atoms with van der Waals surface area (Å²) in [5.41, 5.74) is 7.59. The third kappa shape index (κ3) is 2.58. The van der Waals surface area contributed by atoms with Crippen LogP contribution < -0.4 is 15.2 Å². The maximum absolute atomic E-state index is 5.58. The molecule has 1 aromatic rings. The van der Waals surface area contributed by atoms with Gasteiger partial charge in [-0.25, -0.2) is 0 Å². The fraction of sp³-hybridized carbons (Fsp3) is 0.455. The summed E-state index contributed by atoms with van der Waals surface area (Å²) in [6.07, 6.45) is 0. The molecule has 1 unspecified atom stereocenters. The van der Waals surface area contributed by atoms with Crippen LogP contribution in [0.15, 0.2) is 12.1 Å². The lowest BCUT2D eigenvalue weighted by molar-refractivity contribution is 0.396. The van der Waals surface area contributed by atoms with E-state index in [9.17, 15) is 0 Å². The average molecular weight is 227 g/mol. The maximum atomic E-state index is 5.58. The normalized spacial score (nSPS) is 12.3. The summed E-state index contributed by atoms with van der Waals surface area (Å²) in [4.78, 5) is 0.